The van der Waals surface area contributed by atoms with Crippen molar-refractivity contribution in [2.24, 2.45) is 34.0 Å². The van der Waals surface area contributed by atoms with Crippen LogP contribution in [0.2, 0.25) is 0 Å². The molecule has 0 aromatic rings. The van der Waals surface area contributed by atoms with Crippen molar-refractivity contribution < 1.29 is 9.59 Å². The number of carbonyl (C=O) groups excluding carboxylic acids is 2. The maximum Gasteiger partial charge on any atom is 0.183 e. The van der Waals surface area contributed by atoms with Crippen LogP contribution in [0.4, 0.5) is 0 Å². The fraction of sp³-hybridized carbons (Fsp3) is 0.625. The summed E-state index contributed by atoms with van der Waals surface area (Å²) in [6.07, 6.45) is 14.7. The van der Waals surface area contributed by atoms with Crippen LogP contribution in [0.3, 0.4) is 0 Å². The molecule has 3 nitrogen and oxygen atoms in total. The first-order valence-electron chi connectivity index (χ1n) is 10.4. The zero-order valence-corrected chi connectivity index (χ0v) is 16.3. The van der Waals surface area contributed by atoms with Crippen LogP contribution >= 0.6 is 0 Å². The van der Waals surface area contributed by atoms with Gasteiger partial charge < -0.3 is 0 Å². The number of nitrogens with zero attached hydrogens (tertiary/aromatic N) is 1. The summed E-state index contributed by atoms with van der Waals surface area (Å²) in [5.41, 5.74) is 0.710. The van der Waals surface area contributed by atoms with E-state index in [4.69, 9.17) is 0 Å². The SMILES string of the molecule is C[C@]12C=C(C#N)C(=O)C3(CC=CC3)C1=CCC1[C@@H]2CC[C@]2(C)C(=O)CC[C@@H]12. The first-order valence-corrected chi connectivity index (χ1v) is 10.4. The lowest BCUT2D eigenvalue weighted by Crippen LogP contribution is -2.53. The fourth-order valence-corrected chi connectivity index (χ4v) is 7.59. The van der Waals surface area contributed by atoms with Crippen LogP contribution in [0.5, 0.6) is 0 Å². The minimum absolute atomic E-state index is 0.0221. The standard InChI is InChI=1S/C24H27NO2/c1-22-12-9-18-16(17(22)6-8-20(22)26)5-7-19-23(18,2)13-15(14-25)21(27)24(19)10-3-4-11-24/h3-4,7,13,16-18H,5-6,8-12H2,1-2H3/t16?,17-,18-,22-,23+/m0/s1. The molecule has 5 rings (SSSR count). The second kappa shape index (κ2) is 5.31. The van der Waals surface area contributed by atoms with Gasteiger partial charge in [-0.3, -0.25) is 9.59 Å². The molecule has 0 aliphatic heterocycles. The number of rotatable bonds is 0. The van der Waals surface area contributed by atoms with Crippen molar-refractivity contribution in [1.29, 1.82) is 5.26 Å². The minimum Gasteiger partial charge on any atom is -0.299 e. The van der Waals surface area contributed by atoms with Gasteiger partial charge >= 0.3 is 0 Å². The summed E-state index contributed by atoms with van der Waals surface area (Å²) in [5.74, 6) is 1.84. The topological polar surface area (TPSA) is 57.9 Å². The predicted octanol–water partition coefficient (Wildman–Crippen LogP) is 4.70. The smallest absolute Gasteiger partial charge is 0.183 e. The van der Waals surface area contributed by atoms with Gasteiger partial charge in [0.1, 0.15) is 11.9 Å². The van der Waals surface area contributed by atoms with Gasteiger partial charge in [-0.05, 0) is 61.9 Å². The summed E-state index contributed by atoms with van der Waals surface area (Å²) in [7, 11) is 0. The second-order valence-corrected chi connectivity index (χ2v) is 9.89. The first-order chi connectivity index (χ1) is 12.9. The van der Waals surface area contributed by atoms with E-state index in [2.05, 4.69) is 38.1 Å². The van der Waals surface area contributed by atoms with Crippen LogP contribution in [-0.2, 0) is 9.59 Å². The number of allylic oxidation sites excluding steroid dienone is 6. The molecule has 0 aromatic heterocycles. The Kier molecular flexibility index (Phi) is 3.38. The number of fused-ring (bicyclic) bond motifs is 6. The Hall–Kier alpha value is -1.95. The molecule has 0 saturated heterocycles. The molecule has 27 heavy (non-hydrogen) atoms. The van der Waals surface area contributed by atoms with Crippen LogP contribution in [0.25, 0.3) is 0 Å². The van der Waals surface area contributed by atoms with Gasteiger partial charge in [0.2, 0.25) is 0 Å². The first kappa shape index (κ1) is 17.2. The van der Waals surface area contributed by atoms with Crippen LogP contribution in [0, 0.1) is 45.3 Å². The summed E-state index contributed by atoms with van der Waals surface area (Å²) in [5, 5.41) is 9.71. The molecule has 140 valence electrons. The van der Waals surface area contributed by atoms with Crippen molar-refractivity contribution in [2.75, 3.05) is 0 Å². The zero-order chi connectivity index (χ0) is 19.0. The molecule has 1 spiro atoms. The average Bonchev–Trinajstić information content (AvgIpc) is 3.25. The van der Waals surface area contributed by atoms with Crippen molar-refractivity contribution in [3.63, 3.8) is 0 Å². The molecule has 5 aliphatic carbocycles. The van der Waals surface area contributed by atoms with Gasteiger partial charge in [0.15, 0.2) is 5.78 Å². The van der Waals surface area contributed by atoms with Crippen molar-refractivity contribution >= 4 is 11.6 Å². The van der Waals surface area contributed by atoms with E-state index in [9.17, 15) is 14.9 Å². The van der Waals surface area contributed by atoms with Gasteiger partial charge in [-0.15, -0.1) is 0 Å². The van der Waals surface area contributed by atoms with Crippen molar-refractivity contribution in [1.82, 2.24) is 0 Å². The summed E-state index contributed by atoms with van der Waals surface area (Å²) in [6.45, 7) is 4.45. The highest BCUT2D eigenvalue weighted by Gasteiger charge is 2.62. The maximum absolute atomic E-state index is 13.2. The van der Waals surface area contributed by atoms with E-state index in [1.54, 1.807) is 0 Å². The largest absolute Gasteiger partial charge is 0.299 e. The Morgan fingerprint density at radius 2 is 1.85 bits per heavy atom. The van der Waals surface area contributed by atoms with Gasteiger partial charge in [0.25, 0.3) is 0 Å². The van der Waals surface area contributed by atoms with Gasteiger partial charge in [-0.2, -0.15) is 5.26 Å². The highest BCUT2D eigenvalue weighted by molar-refractivity contribution is 6.07. The molecule has 0 N–H and O–H groups in total. The number of ketones is 2. The van der Waals surface area contributed by atoms with Crippen LogP contribution < -0.4 is 0 Å². The zero-order valence-electron chi connectivity index (χ0n) is 16.3. The molecule has 3 heteroatoms. The number of hydrogen-bond acceptors (Lipinski definition) is 3. The van der Waals surface area contributed by atoms with Gasteiger partial charge in [-0.1, -0.05) is 38.2 Å². The third-order valence-corrected chi connectivity index (χ3v) is 8.95. The lowest BCUT2D eigenvalue weighted by atomic mass is 9.45. The lowest BCUT2D eigenvalue weighted by molar-refractivity contribution is -0.131. The third kappa shape index (κ3) is 1.92. The Balaban J connectivity index is 1.65. The Morgan fingerprint density at radius 1 is 1.11 bits per heavy atom. The molecule has 5 atom stereocenters. The Bertz CT molecular complexity index is 877. The highest BCUT2D eigenvalue weighted by atomic mass is 16.1. The van der Waals surface area contributed by atoms with E-state index in [1.807, 2.05) is 6.08 Å². The fourth-order valence-electron chi connectivity index (χ4n) is 7.59. The molecular formula is C24H27NO2. The van der Waals surface area contributed by atoms with E-state index < -0.39 is 5.41 Å². The number of nitriles is 1. The van der Waals surface area contributed by atoms with E-state index >= 15 is 0 Å². The molecule has 0 bridgehead atoms. The molecule has 0 heterocycles. The molecule has 2 fully saturated rings. The third-order valence-electron chi connectivity index (χ3n) is 8.95. The summed E-state index contributed by atoms with van der Waals surface area (Å²) >= 11 is 0. The Labute approximate surface area is 161 Å². The maximum atomic E-state index is 13.2. The molecule has 2 saturated carbocycles. The molecule has 1 unspecified atom stereocenters. The normalized spacial score (nSPS) is 44.3. The average molecular weight is 361 g/mol. The minimum atomic E-state index is -0.522. The highest BCUT2D eigenvalue weighted by Crippen LogP contribution is 2.66. The summed E-state index contributed by atoms with van der Waals surface area (Å²) < 4.78 is 0. The van der Waals surface area contributed by atoms with E-state index in [-0.39, 0.29) is 16.6 Å². The van der Waals surface area contributed by atoms with E-state index in [1.165, 1.54) is 5.57 Å². The number of carbonyl (C=O) groups is 2. The second-order valence-electron chi connectivity index (χ2n) is 9.89. The molecule has 5 aliphatic rings. The van der Waals surface area contributed by atoms with Crippen LogP contribution in [0.1, 0.15) is 58.8 Å². The van der Waals surface area contributed by atoms with Crippen molar-refractivity contribution in [3.05, 3.63) is 35.5 Å². The van der Waals surface area contributed by atoms with E-state index in [0.717, 1.165) is 44.9 Å². The Morgan fingerprint density at radius 3 is 2.56 bits per heavy atom. The predicted molar refractivity (Wildman–Crippen MR) is 102 cm³/mol. The van der Waals surface area contributed by atoms with Crippen LogP contribution in [0.15, 0.2) is 35.5 Å². The van der Waals surface area contributed by atoms with Gasteiger partial charge in [-0.25, -0.2) is 0 Å². The molecular weight excluding hydrogens is 334 g/mol. The van der Waals surface area contributed by atoms with Crippen LogP contribution in [-0.4, -0.2) is 11.6 Å². The lowest BCUT2D eigenvalue weighted by Gasteiger charge is -2.57. The van der Waals surface area contributed by atoms with E-state index in [0.29, 0.717) is 29.1 Å². The monoisotopic (exact) mass is 361 g/mol. The van der Waals surface area contributed by atoms with Gasteiger partial charge in [0.05, 0.1) is 11.0 Å². The van der Waals surface area contributed by atoms with Gasteiger partial charge in [0, 0.05) is 17.3 Å². The van der Waals surface area contributed by atoms with Crippen molar-refractivity contribution in [2.45, 2.75) is 58.8 Å². The number of hydrogen-bond donors (Lipinski definition) is 0. The summed E-state index contributed by atoms with van der Waals surface area (Å²) in [4.78, 5) is 25.8. The molecule has 0 radical (unpaired) electrons. The quantitative estimate of drug-likeness (QED) is 0.587. The van der Waals surface area contributed by atoms with Crippen molar-refractivity contribution in [3.8, 4) is 6.07 Å². The molecule has 0 aromatic carbocycles. The summed E-state index contributed by atoms with van der Waals surface area (Å²) in [6, 6.07) is 2.22. The number of Topliss-reactive ketones (excluding diaryl/α,β-unsaturated/α-hetero) is 2. The molecule has 0 amide bonds.